The number of carbonyl (C=O) groups is 3. The number of ether oxygens (including phenoxy) is 1. The van der Waals surface area contributed by atoms with Gasteiger partial charge in [0, 0.05) is 34.9 Å². The van der Waals surface area contributed by atoms with Crippen LogP contribution in [-0.2, 0) is 14.3 Å². The minimum atomic E-state index is -0.746. The Labute approximate surface area is 173 Å². The lowest BCUT2D eigenvalue weighted by atomic mass is 9.95. The third-order valence-electron chi connectivity index (χ3n) is 3.98. The molecule has 2 aromatic rings. The molecule has 0 aliphatic heterocycles. The molecule has 0 radical (unpaired) electrons. The van der Waals surface area contributed by atoms with Crippen molar-refractivity contribution in [2.75, 3.05) is 11.9 Å². The Bertz CT molecular complexity index is 987. The van der Waals surface area contributed by atoms with Crippen molar-refractivity contribution >= 4 is 35.1 Å². The normalized spacial score (nSPS) is 11.2. The number of nitrogens with one attached hydrogen (secondary N) is 1. The molecule has 30 heavy (non-hydrogen) atoms. The molecule has 2 aromatic carbocycles. The Morgan fingerprint density at radius 1 is 1.10 bits per heavy atom. The molecule has 8 heteroatoms. The zero-order chi connectivity index (χ0) is 22.3. The van der Waals surface area contributed by atoms with Gasteiger partial charge in [0.15, 0.2) is 12.4 Å². The first-order valence-electron chi connectivity index (χ1n) is 9.10. The van der Waals surface area contributed by atoms with Gasteiger partial charge in [0.05, 0.1) is 4.92 Å². The van der Waals surface area contributed by atoms with E-state index in [1.54, 1.807) is 39.0 Å². The molecule has 0 fully saturated rings. The number of nitro benzene ring substituents is 1. The number of esters is 1. The Kier molecular flexibility index (Phi) is 7.19. The number of Topliss-reactive ketones (excluding diaryl/α,β-unsaturated/α-hetero) is 1. The maximum atomic E-state index is 12.2. The highest BCUT2D eigenvalue weighted by atomic mass is 16.6. The standard InChI is InChI=1S/C22H22N2O6/c1-22(2,3)21(27)23-17-10-8-16(9-11-17)19(25)14-30-20(26)12-7-15-5-4-6-18(13-15)24(28)29/h4-13H,14H2,1-3H3,(H,23,27)/b12-7+. The predicted molar refractivity (Wildman–Crippen MR) is 112 cm³/mol. The smallest absolute Gasteiger partial charge is 0.331 e. The van der Waals surface area contributed by atoms with Crippen LogP contribution in [0.1, 0.15) is 36.7 Å². The number of rotatable bonds is 7. The van der Waals surface area contributed by atoms with Crippen molar-refractivity contribution < 1.29 is 24.0 Å². The molecule has 0 unspecified atom stereocenters. The van der Waals surface area contributed by atoms with Gasteiger partial charge in [-0.05, 0) is 35.9 Å². The number of amides is 1. The van der Waals surface area contributed by atoms with Crippen LogP contribution in [0.4, 0.5) is 11.4 Å². The maximum absolute atomic E-state index is 12.2. The highest BCUT2D eigenvalue weighted by Gasteiger charge is 2.21. The number of non-ortho nitro benzene ring substituents is 1. The summed E-state index contributed by atoms with van der Waals surface area (Å²) in [6, 6.07) is 12.0. The lowest BCUT2D eigenvalue weighted by molar-refractivity contribution is -0.384. The second-order valence-corrected chi connectivity index (χ2v) is 7.50. The van der Waals surface area contributed by atoms with E-state index in [1.807, 2.05) is 0 Å². The summed E-state index contributed by atoms with van der Waals surface area (Å²) in [6.45, 7) is 4.93. The molecular weight excluding hydrogens is 388 g/mol. The summed E-state index contributed by atoms with van der Waals surface area (Å²) in [6.07, 6.45) is 2.46. The number of benzene rings is 2. The fourth-order valence-electron chi connectivity index (χ4n) is 2.23. The van der Waals surface area contributed by atoms with Crippen LogP contribution in [0.3, 0.4) is 0 Å². The minimum Gasteiger partial charge on any atom is -0.454 e. The van der Waals surface area contributed by atoms with Gasteiger partial charge in [-0.15, -0.1) is 0 Å². The minimum absolute atomic E-state index is 0.0946. The van der Waals surface area contributed by atoms with Crippen LogP contribution in [0.5, 0.6) is 0 Å². The zero-order valence-electron chi connectivity index (χ0n) is 16.9. The lowest BCUT2D eigenvalue weighted by Gasteiger charge is -2.17. The SMILES string of the molecule is CC(C)(C)C(=O)Nc1ccc(C(=O)COC(=O)/C=C/c2cccc([N+](=O)[O-])c2)cc1. The van der Waals surface area contributed by atoms with Crippen molar-refractivity contribution in [3.05, 3.63) is 75.8 Å². The number of carbonyl (C=O) groups excluding carboxylic acids is 3. The summed E-state index contributed by atoms with van der Waals surface area (Å²) in [5, 5.41) is 13.5. The fourth-order valence-corrected chi connectivity index (χ4v) is 2.23. The Morgan fingerprint density at radius 2 is 1.77 bits per heavy atom. The van der Waals surface area contributed by atoms with Gasteiger partial charge in [-0.3, -0.25) is 19.7 Å². The second-order valence-electron chi connectivity index (χ2n) is 7.50. The second kappa shape index (κ2) is 9.60. The van der Waals surface area contributed by atoms with E-state index in [0.717, 1.165) is 6.08 Å². The summed E-state index contributed by atoms with van der Waals surface area (Å²) in [5.74, 6) is -1.30. The first-order chi connectivity index (χ1) is 14.1. The largest absolute Gasteiger partial charge is 0.454 e. The molecular formula is C22H22N2O6. The van der Waals surface area contributed by atoms with Crippen LogP contribution in [-0.4, -0.2) is 29.2 Å². The molecule has 0 bridgehead atoms. The van der Waals surface area contributed by atoms with Gasteiger partial charge in [0.25, 0.3) is 5.69 Å². The Morgan fingerprint density at radius 3 is 2.37 bits per heavy atom. The van der Waals surface area contributed by atoms with E-state index in [9.17, 15) is 24.5 Å². The average Bonchev–Trinajstić information content (AvgIpc) is 2.70. The van der Waals surface area contributed by atoms with Crippen molar-refractivity contribution in [2.24, 2.45) is 5.41 Å². The Balaban J connectivity index is 1.89. The first-order valence-corrected chi connectivity index (χ1v) is 9.10. The highest BCUT2D eigenvalue weighted by molar-refractivity contribution is 6.00. The van der Waals surface area contributed by atoms with Crippen LogP contribution in [0, 0.1) is 15.5 Å². The van der Waals surface area contributed by atoms with Crippen LogP contribution in [0.15, 0.2) is 54.6 Å². The van der Waals surface area contributed by atoms with Crippen molar-refractivity contribution in [1.29, 1.82) is 0 Å². The van der Waals surface area contributed by atoms with Gasteiger partial charge in [0.1, 0.15) is 0 Å². The van der Waals surface area contributed by atoms with E-state index in [0.29, 0.717) is 16.8 Å². The van der Waals surface area contributed by atoms with Gasteiger partial charge in [0.2, 0.25) is 5.91 Å². The van der Waals surface area contributed by atoms with Crippen LogP contribution in [0.2, 0.25) is 0 Å². The molecule has 0 saturated carbocycles. The molecule has 0 aromatic heterocycles. The maximum Gasteiger partial charge on any atom is 0.331 e. The lowest BCUT2D eigenvalue weighted by Crippen LogP contribution is -2.27. The average molecular weight is 410 g/mol. The molecule has 0 aliphatic carbocycles. The quantitative estimate of drug-likeness (QED) is 0.242. The van der Waals surface area contributed by atoms with Crippen molar-refractivity contribution in [3.63, 3.8) is 0 Å². The van der Waals surface area contributed by atoms with Gasteiger partial charge in [-0.2, -0.15) is 0 Å². The van der Waals surface area contributed by atoms with E-state index in [-0.39, 0.29) is 11.6 Å². The molecule has 2 rings (SSSR count). The number of hydrogen-bond acceptors (Lipinski definition) is 6. The third-order valence-corrected chi connectivity index (χ3v) is 3.98. The third kappa shape index (κ3) is 6.66. The van der Waals surface area contributed by atoms with Gasteiger partial charge < -0.3 is 10.1 Å². The summed E-state index contributed by atoms with van der Waals surface area (Å²) < 4.78 is 4.92. The molecule has 0 spiro atoms. The number of nitro groups is 1. The number of anilines is 1. The molecule has 156 valence electrons. The van der Waals surface area contributed by atoms with E-state index in [2.05, 4.69) is 5.32 Å². The number of hydrogen-bond donors (Lipinski definition) is 1. The van der Waals surface area contributed by atoms with Crippen molar-refractivity contribution in [2.45, 2.75) is 20.8 Å². The number of nitrogens with zero attached hydrogens (tertiary/aromatic N) is 1. The molecule has 8 nitrogen and oxygen atoms in total. The van der Waals surface area contributed by atoms with E-state index in [4.69, 9.17) is 4.74 Å². The van der Waals surface area contributed by atoms with Crippen LogP contribution in [0.25, 0.3) is 6.08 Å². The van der Waals surface area contributed by atoms with Crippen molar-refractivity contribution in [1.82, 2.24) is 0 Å². The molecule has 1 amide bonds. The van der Waals surface area contributed by atoms with Crippen LogP contribution < -0.4 is 5.32 Å². The predicted octanol–water partition coefficient (Wildman–Crippen LogP) is 4.02. The van der Waals surface area contributed by atoms with E-state index < -0.39 is 28.7 Å². The van der Waals surface area contributed by atoms with E-state index in [1.165, 1.54) is 36.4 Å². The van der Waals surface area contributed by atoms with Crippen molar-refractivity contribution in [3.8, 4) is 0 Å². The molecule has 0 aliphatic rings. The van der Waals surface area contributed by atoms with E-state index >= 15 is 0 Å². The zero-order valence-corrected chi connectivity index (χ0v) is 16.9. The highest BCUT2D eigenvalue weighted by Crippen LogP contribution is 2.18. The van der Waals surface area contributed by atoms with Gasteiger partial charge in [-0.25, -0.2) is 4.79 Å². The summed E-state index contributed by atoms with van der Waals surface area (Å²) in [5.41, 5.74) is 0.715. The monoisotopic (exact) mass is 410 g/mol. The molecule has 1 N–H and O–H groups in total. The summed E-state index contributed by atoms with van der Waals surface area (Å²) in [4.78, 5) is 46.2. The molecule has 0 atom stereocenters. The summed E-state index contributed by atoms with van der Waals surface area (Å²) >= 11 is 0. The van der Waals surface area contributed by atoms with Gasteiger partial charge >= 0.3 is 5.97 Å². The molecule has 0 saturated heterocycles. The molecule has 0 heterocycles. The first kappa shape index (κ1) is 22.5. The summed E-state index contributed by atoms with van der Waals surface area (Å²) in [7, 11) is 0. The topological polar surface area (TPSA) is 116 Å². The van der Waals surface area contributed by atoms with Crippen LogP contribution >= 0.6 is 0 Å². The number of ketones is 1. The van der Waals surface area contributed by atoms with Gasteiger partial charge in [-0.1, -0.05) is 32.9 Å². The fraction of sp³-hybridized carbons (Fsp3) is 0.227. The Hall–Kier alpha value is -3.81.